The minimum atomic E-state index is -4.75. The first-order valence-electron chi connectivity index (χ1n) is 15.1. The molecule has 1 aliphatic carbocycles. The van der Waals surface area contributed by atoms with Gasteiger partial charge in [0.05, 0.1) is 36.4 Å². The van der Waals surface area contributed by atoms with Gasteiger partial charge in [-0.15, -0.1) is 0 Å². The molecule has 236 valence electrons. The minimum absolute atomic E-state index is 0.157. The number of nitrogens with zero attached hydrogens (tertiary/aromatic N) is 9. The average molecular weight is 631 g/mol. The van der Waals surface area contributed by atoms with Crippen LogP contribution in [-0.2, 0) is 11.7 Å². The molecule has 4 aromatic heterocycles. The molecule has 15 heteroatoms. The van der Waals surface area contributed by atoms with Gasteiger partial charge in [-0.05, 0) is 37.8 Å². The van der Waals surface area contributed by atoms with Crippen LogP contribution in [0.1, 0.15) is 48.2 Å². The van der Waals surface area contributed by atoms with E-state index in [1.807, 2.05) is 23.1 Å². The van der Waals surface area contributed by atoms with Crippen molar-refractivity contribution in [2.45, 2.75) is 56.0 Å². The second-order valence-corrected chi connectivity index (χ2v) is 12.3. The van der Waals surface area contributed by atoms with E-state index >= 15 is 0 Å². The van der Waals surface area contributed by atoms with E-state index in [4.69, 9.17) is 10.00 Å². The summed E-state index contributed by atoms with van der Waals surface area (Å²) in [4.78, 5) is 31.9. The van der Waals surface area contributed by atoms with Gasteiger partial charge in [0.2, 0.25) is 5.88 Å². The summed E-state index contributed by atoms with van der Waals surface area (Å²) >= 11 is 0. The Bertz CT molecular complexity index is 1850. The number of carbonyl (C=O) groups is 1. The Balaban J connectivity index is 0.990. The van der Waals surface area contributed by atoms with E-state index in [1.54, 1.807) is 6.20 Å². The van der Waals surface area contributed by atoms with E-state index in [9.17, 15) is 23.2 Å². The number of ether oxygens (including phenoxy) is 1. The van der Waals surface area contributed by atoms with E-state index in [-0.39, 0.29) is 42.6 Å². The summed E-state index contributed by atoms with van der Waals surface area (Å²) < 4.78 is 48.7. The average Bonchev–Trinajstić information content (AvgIpc) is 3.69. The molecule has 46 heavy (non-hydrogen) atoms. The lowest BCUT2D eigenvalue weighted by atomic mass is 9.82. The van der Waals surface area contributed by atoms with E-state index in [0.717, 1.165) is 41.2 Å². The molecule has 0 unspecified atom stereocenters. The smallest absolute Gasteiger partial charge is 0.433 e. The predicted octanol–water partition coefficient (Wildman–Crippen LogP) is 4.15. The number of likely N-dealkylation sites (tertiary alicyclic amines) is 2. The molecule has 1 N–H and O–H groups in total. The topological polar surface area (TPSA) is 153 Å². The Hall–Kier alpha value is -5.02. The second kappa shape index (κ2) is 11.4. The Kier molecular flexibility index (Phi) is 7.36. The van der Waals surface area contributed by atoms with Gasteiger partial charge in [-0.2, -0.15) is 28.8 Å². The summed E-state index contributed by atoms with van der Waals surface area (Å²) in [6.07, 6.45) is 4.93. The SMILES string of the molecule is N#CCC1(n2cc(-c3ncnc4[nH]ccc34)cn2)CN(C2CCC(Oc3cc(C(=O)N4CC(C#N)C4)cc(C(F)(F)F)n3)CC2)C1. The molecule has 1 saturated carbocycles. The highest BCUT2D eigenvalue weighted by Crippen LogP contribution is 2.39. The summed E-state index contributed by atoms with van der Waals surface area (Å²) in [5, 5.41) is 24.2. The van der Waals surface area contributed by atoms with Crippen molar-refractivity contribution < 1.29 is 22.7 Å². The Labute approximate surface area is 261 Å². The molecule has 0 atom stereocenters. The number of pyridine rings is 1. The summed E-state index contributed by atoms with van der Waals surface area (Å²) in [6, 6.07) is 8.52. The standard InChI is InChI=1S/C31H29F3N10O2/c32-31(33,34)25-9-20(29(45)42-13-19(11-36)14-42)10-26(41-25)46-23-3-1-22(2-4-23)43-16-30(17-43,6-7-35)44-15-21(12-40-44)27-24-5-8-37-28(24)39-18-38-27/h5,8-10,12,15,18-19,22-23H,1-4,6,13-14,16-17H2,(H,37,38,39). The molecule has 3 aliphatic rings. The lowest BCUT2D eigenvalue weighted by Gasteiger charge is -2.53. The molecule has 0 radical (unpaired) electrons. The van der Waals surface area contributed by atoms with Gasteiger partial charge in [0, 0.05) is 67.2 Å². The third kappa shape index (κ3) is 5.41. The van der Waals surface area contributed by atoms with Crippen LogP contribution in [0.2, 0.25) is 0 Å². The number of nitriles is 2. The molecule has 1 amide bonds. The zero-order chi connectivity index (χ0) is 32.1. The largest absolute Gasteiger partial charge is 0.474 e. The van der Waals surface area contributed by atoms with Crippen LogP contribution >= 0.6 is 0 Å². The van der Waals surface area contributed by atoms with Gasteiger partial charge in [0.25, 0.3) is 5.91 Å². The lowest BCUT2D eigenvalue weighted by Crippen LogP contribution is -2.65. The maximum Gasteiger partial charge on any atom is 0.433 e. The number of amides is 1. The summed E-state index contributed by atoms with van der Waals surface area (Å²) in [5.41, 5.74) is 0.518. The van der Waals surface area contributed by atoms with Crippen molar-refractivity contribution in [2.75, 3.05) is 26.2 Å². The van der Waals surface area contributed by atoms with Crippen molar-refractivity contribution in [3.8, 4) is 29.3 Å². The first-order valence-corrected chi connectivity index (χ1v) is 15.1. The van der Waals surface area contributed by atoms with Crippen LogP contribution in [0.4, 0.5) is 13.2 Å². The third-order valence-corrected chi connectivity index (χ3v) is 9.24. The van der Waals surface area contributed by atoms with Crippen molar-refractivity contribution in [3.63, 3.8) is 0 Å². The number of rotatable bonds is 7. The monoisotopic (exact) mass is 630 g/mol. The van der Waals surface area contributed by atoms with Crippen LogP contribution in [0.5, 0.6) is 5.88 Å². The molecule has 12 nitrogen and oxygen atoms in total. The number of alkyl halides is 3. The molecule has 0 bridgehead atoms. The van der Waals surface area contributed by atoms with Crippen molar-refractivity contribution >= 4 is 16.9 Å². The molecule has 6 heterocycles. The van der Waals surface area contributed by atoms with Crippen LogP contribution in [0, 0.1) is 28.6 Å². The maximum atomic E-state index is 13.6. The molecular formula is C31H29F3N10O2. The Morgan fingerprint density at radius 1 is 1.13 bits per heavy atom. The number of nitrogens with one attached hydrogen (secondary N) is 1. The highest BCUT2D eigenvalue weighted by Gasteiger charge is 2.48. The van der Waals surface area contributed by atoms with E-state index < -0.39 is 23.3 Å². The van der Waals surface area contributed by atoms with E-state index in [1.165, 1.54) is 17.3 Å². The van der Waals surface area contributed by atoms with Crippen molar-refractivity contribution in [1.82, 2.24) is 39.5 Å². The minimum Gasteiger partial charge on any atom is -0.474 e. The van der Waals surface area contributed by atoms with E-state index in [2.05, 4.69) is 42.1 Å². The number of carbonyl (C=O) groups excluding carboxylic acids is 1. The van der Waals surface area contributed by atoms with Crippen LogP contribution in [-0.4, -0.2) is 83.7 Å². The fraction of sp³-hybridized carbons (Fsp3) is 0.452. The first-order chi connectivity index (χ1) is 22.2. The number of halogens is 3. The number of H-pyrrole nitrogens is 1. The number of aromatic amines is 1. The summed E-state index contributed by atoms with van der Waals surface area (Å²) in [5.74, 6) is -1.12. The predicted molar refractivity (Wildman–Crippen MR) is 156 cm³/mol. The van der Waals surface area contributed by atoms with Gasteiger partial charge >= 0.3 is 6.18 Å². The fourth-order valence-corrected chi connectivity index (χ4v) is 6.70. The highest BCUT2D eigenvalue weighted by atomic mass is 19.4. The Morgan fingerprint density at radius 2 is 1.91 bits per heavy atom. The maximum absolute atomic E-state index is 13.6. The van der Waals surface area contributed by atoms with Crippen LogP contribution in [0.15, 0.2) is 43.1 Å². The lowest BCUT2D eigenvalue weighted by molar-refractivity contribution is -0.141. The summed E-state index contributed by atoms with van der Waals surface area (Å²) in [6.45, 7) is 1.66. The zero-order valence-electron chi connectivity index (χ0n) is 24.6. The number of fused-ring (bicyclic) bond motifs is 1. The van der Waals surface area contributed by atoms with Gasteiger partial charge < -0.3 is 14.6 Å². The van der Waals surface area contributed by atoms with Gasteiger partial charge in [0.15, 0.2) is 0 Å². The van der Waals surface area contributed by atoms with Gasteiger partial charge in [-0.25, -0.2) is 15.0 Å². The van der Waals surface area contributed by atoms with Crippen molar-refractivity contribution in [2.24, 2.45) is 5.92 Å². The molecule has 2 saturated heterocycles. The highest BCUT2D eigenvalue weighted by molar-refractivity contribution is 5.95. The molecular weight excluding hydrogens is 601 g/mol. The normalized spacial score (nSPS) is 21.6. The fourth-order valence-electron chi connectivity index (χ4n) is 6.70. The van der Waals surface area contributed by atoms with Crippen molar-refractivity contribution in [3.05, 3.63) is 54.4 Å². The molecule has 3 fully saturated rings. The molecule has 0 spiro atoms. The number of hydrogen-bond donors (Lipinski definition) is 1. The molecule has 2 aliphatic heterocycles. The first kappa shape index (κ1) is 29.7. The molecule has 4 aromatic rings. The number of aromatic nitrogens is 6. The molecule has 7 rings (SSSR count). The van der Waals surface area contributed by atoms with Gasteiger partial charge in [-0.3, -0.25) is 14.4 Å². The second-order valence-electron chi connectivity index (χ2n) is 12.3. The van der Waals surface area contributed by atoms with E-state index in [0.29, 0.717) is 32.4 Å². The van der Waals surface area contributed by atoms with Crippen LogP contribution < -0.4 is 4.74 Å². The zero-order valence-corrected chi connectivity index (χ0v) is 24.6. The summed E-state index contributed by atoms with van der Waals surface area (Å²) in [7, 11) is 0. The Morgan fingerprint density at radius 3 is 2.63 bits per heavy atom. The van der Waals surface area contributed by atoms with Gasteiger partial charge in [0.1, 0.15) is 29.3 Å². The third-order valence-electron chi connectivity index (χ3n) is 9.24. The number of hydrogen-bond acceptors (Lipinski definition) is 9. The molecule has 0 aromatic carbocycles. The van der Waals surface area contributed by atoms with Gasteiger partial charge in [-0.1, -0.05) is 0 Å². The van der Waals surface area contributed by atoms with Crippen LogP contribution in [0.3, 0.4) is 0 Å². The van der Waals surface area contributed by atoms with Crippen LogP contribution in [0.25, 0.3) is 22.3 Å². The van der Waals surface area contributed by atoms with Crippen molar-refractivity contribution in [1.29, 1.82) is 10.5 Å². The quantitative estimate of drug-likeness (QED) is 0.317.